The minimum Gasteiger partial charge on any atom is -0.479 e. The van der Waals surface area contributed by atoms with Crippen molar-refractivity contribution in [2.75, 3.05) is 16.8 Å². The van der Waals surface area contributed by atoms with Gasteiger partial charge < -0.3 is 10.1 Å². The molecule has 1 unspecified atom stereocenters. The fraction of sp³-hybridized carbons (Fsp3) is 0.318. The van der Waals surface area contributed by atoms with Gasteiger partial charge in [-0.1, -0.05) is 18.5 Å². The van der Waals surface area contributed by atoms with Gasteiger partial charge in [-0.15, -0.1) is 0 Å². The number of amides is 2. The standard InChI is InChI=1S/C22H23ClN2O4/c1-4-5-19(26)15-6-9-20-18(11-15)25(22(28)14(3)29-20)12-21(27)24-17-8-7-16(23)10-13(17)2/h6-11,14H,4-5,12H2,1-3H3,(H,24,27). The van der Waals surface area contributed by atoms with Gasteiger partial charge in [0.2, 0.25) is 5.91 Å². The molecule has 1 aliphatic heterocycles. The predicted octanol–water partition coefficient (Wildman–Crippen LogP) is 4.38. The summed E-state index contributed by atoms with van der Waals surface area (Å²) < 4.78 is 5.65. The van der Waals surface area contributed by atoms with Crippen LogP contribution in [0.5, 0.6) is 5.75 Å². The summed E-state index contributed by atoms with van der Waals surface area (Å²) in [5, 5.41) is 3.39. The largest absolute Gasteiger partial charge is 0.479 e. The lowest BCUT2D eigenvalue weighted by molar-refractivity contribution is -0.127. The zero-order chi connectivity index (χ0) is 21.1. The Morgan fingerprint density at radius 2 is 1.97 bits per heavy atom. The number of aryl methyl sites for hydroxylation is 1. The van der Waals surface area contributed by atoms with E-state index in [1.807, 2.05) is 13.8 Å². The molecule has 1 heterocycles. The van der Waals surface area contributed by atoms with Crippen LogP contribution in [0.4, 0.5) is 11.4 Å². The number of fused-ring (bicyclic) bond motifs is 1. The van der Waals surface area contributed by atoms with Gasteiger partial charge in [-0.3, -0.25) is 19.3 Å². The number of hydrogen-bond donors (Lipinski definition) is 1. The minimum absolute atomic E-state index is 0.0115. The van der Waals surface area contributed by atoms with Gasteiger partial charge in [0.25, 0.3) is 5.91 Å². The van der Waals surface area contributed by atoms with Gasteiger partial charge >= 0.3 is 0 Å². The fourth-order valence-corrected chi connectivity index (χ4v) is 3.44. The van der Waals surface area contributed by atoms with Crippen LogP contribution < -0.4 is 15.0 Å². The van der Waals surface area contributed by atoms with E-state index in [0.29, 0.717) is 34.1 Å². The fourth-order valence-electron chi connectivity index (χ4n) is 3.22. The summed E-state index contributed by atoms with van der Waals surface area (Å²) in [5.74, 6) is -0.224. The quantitative estimate of drug-likeness (QED) is 0.711. The number of rotatable bonds is 6. The highest BCUT2D eigenvalue weighted by atomic mass is 35.5. The van der Waals surface area contributed by atoms with Gasteiger partial charge in [0.05, 0.1) is 5.69 Å². The maximum Gasteiger partial charge on any atom is 0.268 e. The van der Waals surface area contributed by atoms with Crippen molar-refractivity contribution in [3.63, 3.8) is 0 Å². The highest BCUT2D eigenvalue weighted by Gasteiger charge is 2.33. The SMILES string of the molecule is CCCC(=O)c1ccc2c(c1)N(CC(=O)Nc1ccc(Cl)cc1C)C(=O)C(C)O2. The molecule has 3 rings (SSSR count). The van der Waals surface area contributed by atoms with Crippen molar-refractivity contribution in [3.8, 4) is 5.75 Å². The summed E-state index contributed by atoms with van der Waals surface area (Å²) in [6.45, 7) is 5.22. The lowest BCUT2D eigenvalue weighted by Gasteiger charge is -2.33. The molecule has 0 saturated carbocycles. The average Bonchev–Trinajstić information content (AvgIpc) is 2.67. The molecular formula is C22H23ClN2O4. The molecule has 0 aliphatic carbocycles. The van der Waals surface area contributed by atoms with Crippen molar-refractivity contribution in [1.29, 1.82) is 0 Å². The monoisotopic (exact) mass is 414 g/mol. The Labute approximate surface area is 174 Å². The molecule has 0 saturated heterocycles. The summed E-state index contributed by atoms with van der Waals surface area (Å²) in [6.07, 6.45) is 0.430. The summed E-state index contributed by atoms with van der Waals surface area (Å²) in [4.78, 5) is 39.0. The zero-order valence-corrected chi connectivity index (χ0v) is 17.4. The number of nitrogens with zero attached hydrogens (tertiary/aromatic N) is 1. The molecule has 0 aromatic heterocycles. The number of Topliss-reactive ketones (excluding diaryl/α,β-unsaturated/α-hetero) is 1. The van der Waals surface area contributed by atoms with E-state index in [9.17, 15) is 14.4 Å². The molecule has 1 aliphatic rings. The van der Waals surface area contributed by atoms with E-state index in [4.69, 9.17) is 16.3 Å². The summed E-state index contributed by atoms with van der Waals surface area (Å²) in [6, 6.07) is 10.1. The lowest BCUT2D eigenvalue weighted by Crippen LogP contribution is -2.47. The molecule has 0 radical (unpaired) electrons. The highest BCUT2D eigenvalue weighted by Crippen LogP contribution is 2.35. The third-order valence-electron chi connectivity index (χ3n) is 4.73. The summed E-state index contributed by atoms with van der Waals surface area (Å²) >= 11 is 5.96. The number of benzene rings is 2. The first-order valence-corrected chi connectivity index (χ1v) is 9.89. The van der Waals surface area contributed by atoms with Crippen LogP contribution in [0.1, 0.15) is 42.6 Å². The predicted molar refractivity (Wildman–Crippen MR) is 113 cm³/mol. The van der Waals surface area contributed by atoms with Gasteiger partial charge in [0, 0.05) is 22.7 Å². The Hall–Kier alpha value is -2.86. The molecule has 0 fully saturated rings. The second-order valence-electron chi connectivity index (χ2n) is 7.05. The number of hydrogen-bond acceptors (Lipinski definition) is 4. The van der Waals surface area contributed by atoms with Crippen molar-refractivity contribution >= 4 is 40.6 Å². The number of ketones is 1. The Morgan fingerprint density at radius 3 is 2.66 bits per heavy atom. The van der Waals surface area contributed by atoms with Crippen LogP contribution in [-0.2, 0) is 9.59 Å². The second kappa shape index (κ2) is 8.66. The molecular weight excluding hydrogens is 392 g/mol. The van der Waals surface area contributed by atoms with E-state index in [1.54, 1.807) is 43.3 Å². The van der Waals surface area contributed by atoms with Crippen LogP contribution >= 0.6 is 11.6 Å². The molecule has 152 valence electrons. The molecule has 1 N–H and O–H groups in total. The van der Waals surface area contributed by atoms with Crippen LogP contribution in [0.25, 0.3) is 0 Å². The lowest BCUT2D eigenvalue weighted by atomic mass is 10.0. The van der Waals surface area contributed by atoms with E-state index in [2.05, 4.69) is 5.32 Å². The molecule has 2 aromatic carbocycles. The van der Waals surface area contributed by atoms with Crippen LogP contribution in [0.15, 0.2) is 36.4 Å². The number of nitrogens with one attached hydrogen (secondary N) is 1. The van der Waals surface area contributed by atoms with Crippen LogP contribution in [0.3, 0.4) is 0 Å². The molecule has 2 amide bonds. The van der Waals surface area contributed by atoms with Gasteiger partial charge in [0.1, 0.15) is 12.3 Å². The highest BCUT2D eigenvalue weighted by molar-refractivity contribution is 6.30. The van der Waals surface area contributed by atoms with Crippen molar-refractivity contribution in [2.45, 2.75) is 39.7 Å². The molecule has 1 atom stereocenters. The molecule has 6 nitrogen and oxygen atoms in total. The number of carbonyl (C=O) groups excluding carboxylic acids is 3. The zero-order valence-electron chi connectivity index (χ0n) is 16.6. The van der Waals surface area contributed by atoms with Gasteiger partial charge in [-0.2, -0.15) is 0 Å². The van der Waals surface area contributed by atoms with Crippen LogP contribution in [-0.4, -0.2) is 30.2 Å². The van der Waals surface area contributed by atoms with Gasteiger partial charge in [-0.05, 0) is 62.2 Å². The van der Waals surface area contributed by atoms with E-state index in [-0.39, 0.29) is 24.1 Å². The molecule has 29 heavy (non-hydrogen) atoms. The topological polar surface area (TPSA) is 75.7 Å². The van der Waals surface area contributed by atoms with E-state index in [0.717, 1.165) is 12.0 Å². The van der Waals surface area contributed by atoms with Crippen molar-refractivity contribution in [3.05, 3.63) is 52.5 Å². The normalized spacial score (nSPS) is 15.5. The number of ether oxygens (including phenoxy) is 1. The molecule has 7 heteroatoms. The molecule has 0 bridgehead atoms. The van der Waals surface area contributed by atoms with Crippen LogP contribution in [0, 0.1) is 6.92 Å². The Morgan fingerprint density at radius 1 is 1.21 bits per heavy atom. The van der Waals surface area contributed by atoms with E-state index >= 15 is 0 Å². The van der Waals surface area contributed by atoms with E-state index < -0.39 is 6.10 Å². The second-order valence-corrected chi connectivity index (χ2v) is 7.48. The van der Waals surface area contributed by atoms with Crippen LogP contribution in [0.2, 0.25) is 5.02 Å². The van der Waals surface area contributed by atoms with Gasteiger partial charge in [-0.25, -0.2) is 0 Å². The number of halogens is 1. The summed E-state index contributed by atoms with van der Waals surface area (Å²) in [7, 11) is 0. The molecule has 2 aromatic rings. The number of anilines is 2. The Balaban J connectivity index is 1.86. The summed E-state index contributed by atoms with van der Waals surface area (Å²) in [5.41, 5.74) is 2.37. The first-order valence-electron chi connectivity index (χ1n) is 9.51. The van der Waals surface area contributed by atoms with Crippen molar-refractivity contribution in [2.24, 2.45) is 0 Å². The maximum atomic E-state index is 12.7. The minimum atomic E-state index is -0.718. The first kappa shape index (κ1) is 20.9. The van der Waals surface area contributed by atoms with E-state index in [1.165, 1.54) is 4.90 Å². The van der Waals surface area contributed by atoms with Gasteiger partial charge in [0.15, 0.2) is 11.9 Å². The average molecular weight is 415 g/mol. The smallest absolute Gasteiger partial charge is 0.268 e. The first-order chi connectivity index (χ1) is 13.8. The third kappa shape index (κ3) is 4.59. The maximum absolute atomic E-state index is 12.7. The van der Waals surface area contributed by atoms with Crippen molar-refractivity contribution in [1.82, 2.24) is 0 Å². The third-order valence-corrected chi connectivity index (χ3v) is 4.97. The Bertz CT molecular complexity index is 973. The Kier molecular flexibility index (Phi) is 6.23. The number of carbonyl (C=O) groups is 3. The van der Waals surface area contributed by atoms with Crippen molar-refractivity contribution < 1.29 is 19.1 Å². The molecule has 0 spiro atoms.